The summed E-state index contributed by atoms with van der Waals surface area (Å²) in [5, 5.41) is 18.6. The molecule has 12 heavy (non-hydrogen) atoms. The van der Waals surface area contributed by atoms with Gasteiger partial charge in [-0.05, 0) is 25.9 Å². The van der Waals surface area contributed by atoms with Crippen LogP contribution in [0.4, 0.5) is 0 Å². The van der Waals surface area contributed by atoms with E-state index in [0.717, 1.165) is 0 Å². The summed E-state index contributed by atoms with van der Waals surface area (Å²) in [4.78, 5) is 18.9. The Morgan fingerprint density at radius 1 is 1.08 bits per heavy atom. The fourth-order valence-corrected chi connectivity index (χ4v) is 0.754. The van der Waals surface area contributed by atoms with E-state index in [2.05, 4.69) is 5.32 Å². The van der Waals surface area contributed by atoms with Gasteiger partial charge in [0.1, 0.15) is 6.42 Å². The molecule has 0 spiro atoms. The highest BCUT2D eigenvalue weighted by atomic mass is 16.4. The summed E-state index contributed by atoms with van der Waals surface area (Å²) in [6.07, 6.45) is 1.97. The topological polar surface area (TPSA) is 86.6 Å². The summed E-state index contributed by atoms with van der Waals surface area (Å²) >= 11 is 0. The lowest BCUT2D eigenvalue weighted by Crippen LogP contribution is -2.03. The summed E-state index contributed by atoms with van der Waals surface area (Å²) in [6, 6.07) is 0. The third-order valence-corrected chi connectivity index (χ3v) is 1.26. The van der Waals surface area contributed by atoms with Gasteiger partial charge < -0.3 is 15.5 Å². The van der Waals surface area contributed by atoms with Crippen LogP contribution < -0.4 is 5.32 Å². The molecule has 1 rings (SSSR count). The molecule has 0 unspecified atom stereocenters. The van der Waals surface area contributed by atoms with E-state index in [0.29, 0.717) is 0 Å². The number of nitrogens with one attached hydrogen (secondary N) is 1. The van der Waals surface area contributed by atoms with Crippen molar-refractivity contribution in [1.82, 2.24) is 5.32 Å². The second kappa shape index (κ2) is 6.60. The van der Waals surface area contributed by atoms with E-state index in [1.54, 1.807) is 0 Å². The third-order valence-electron chi connectivity index (χ3n) is 1.26. The van der Waals surface area contributed by atoms with Crippen molar-refractivity contribution in [3.05, 3.63) is 0 Å². The molecule has 0 aliphatic carbocycles. The molecule has 3 N–H and O–H groups in total. The van der Waals surface area contributed by atoms with Gasteiger partial charge in [0, 0.05) is 0 Å². The van der Waals surface area contributed by atoms with Crippen LogP contribution >= 0.6 is 0 Å². The number of carboxylic acid groups (broad SMARTS) is 2. The number of aliphatic carboxylic acids is 2. The smallest absolute Gasteiger partial charge is 0.314 e. The van der Waals surface area contributed by atoms with Crippen LogP contribution in [-0.2, 0) is 9.59 Å². The van der Waals surface area contributed by atoms with Gasteiger partial charge in [0.25, 0.3) is 0 Å². The van der Waals surface area contributed by atoms with Crippen LogP contribution in [0.1, 0.15) is 19.3 Å². The molecule has 0 amide bonds. The van der Waals surface area contributed by atoms with Gasteiger partial charge in [0.15, 0.2) is 0 Å². The van der Waals surface area contributed by atoms with E-state index >= 15 is 0 Å². The molecular weight excluding hydrogens is 162 g/mol. The number of hydrogen-bond donors (Lipinski definition) is 3. The monoisotopic (exact) mass is 175 g/mol. The maximum atomic E-state index is 9.43. The molecule has 0 atom stereocenters. The van der Waals surface area contributed by atoms with E-state index < -0.39 is 18.4 Å². The van der Waals surface area contributed by atoms with Crippen LogP contribution in [0.25, 0.3) is 0 Å². The van der Waals surface area contributed by atoms with E-state index in [9.17, 15) is 9.59 Å². The van der Waals surface area contributed by atoms with Crippen molar-refractivity contribution >= 4 is 11.9 Å². The Morgan fingerprint density at radius 3 is 1.58 bits per heavy atom. The lowest BCUT2D eigenvalue weighted by Gasteiger charge is -1.80. The SMILES string of the molecule is C1CCNC1.O=C(O)CC(=O)O. The lowest BCUT2D eigenvalue weighted by molar-refractivity contribution is -0.147. The predicted molar refractivity (Wildman–Crippen MR) is 42.0 cm³/mol. The van der Waals surface area contributed by atoms with Gasteiger partial charge in [-0.1, -0.05) is 0 Å². The molecule has 0 bridgehead atoms. The maximum absolute atomic E-state index is 9.43. The van der Waals surface area contributed by atoms with Crippen LogP contribution in [0.3, 0.4) is 0 Å². The summed E-state index contributed by atoms with van der Waals surface area (Å²) < 4.78 is 0. The van der Waals surface area contributed by atoms with Crippen molar-refractivity contribution < 1.29 is 19.8 Å². The molecule has 5 heteroatoms. The zero-order valence-corrected chi connectivity index (χ0v) is 6.75. The molecule has 1 fully saturated rings. The summed E-state index contributed by atoms with van der Waals surface area (Å²) in [6.45, 7) is 2.50. The molecular formula is C7H13NO4. The van der Waals surface area contributed by atoms with Gasteiger partial charge in [-0.25, -0.2) is 0 Å². The Hall–Kier alpha value is -1.10. The molecule has 1 aliphatic heterocycles. The molecule has 70 valence electrons. The molecule has 0 aromatic rings. The fourth-order valence-electron chi connectivity index (χ4n) is 0.754. The number of hydrogen-bond acceptors (Lipinski definition) is 3. The minimum absolute atomic E-state index is 0.806. The van der Waals surface area contributed by atoms with Gasteiger partial charge in [0.05, 0.1) is 0 Å². The van der Waals surface area contributed by atoms with Crippen molar-refractivity contribution in [1.29, 1.82) is 0 Å². The van der Waals surface area contributed by atoms with Crippen molar-refractivity contribution in [2.45, 2.75) is 19.3 Å². The first-order chi connectivity index (χ1) is 5.63. The summed E-state index contributed by atoms with van der Waals surface area (Å²) in [5.41, 5.74) is 0. The Labute approximate surface area is 70.4 Å². The zero-order chi connectivity index (χ0) is 9.40. The minimum atomic E-state index is -1.31. The normalized spacial score (nSPS) is 14.7. The first kappa shape index (κ1) is 10.9. The summed E-state index contributed by atoms with van der Waals surface area (Å²) in [5.74, 6) is -2.62. The Morgan fingerprint density at radius 2 is 1.50 bits per heavy atom. The molecule has 0 saturated carbocycles. The standard InChI is InChI=1S/C4H9N.C3H4O4/c1-2-4-5-3-1;4-2(5)1-3(6)7/h5H,1-4H2;1H2,(H,4,5)(H,6,7). The second-order valence-corrected chi connectivity index (χ2v) is 2.42. The molecule has 0 aromatic heterocycles. The van der Waals surface area contributed by atoms with Gasteiger partial charge in [0.2, 0.25) is 0 Å². The highest BCUT2D eigenvalue weighted by molar-refractivity contribution is 5.88. The van der Waals surface area contributed by atoms with E-state index in [-0.39, 0.29) is 0 Å². The van der Waals surface area contributed by atoms with Crippen molar-refractivity contribution in [3.63, 3.8) is 0 Å². The van der Waals surface area contributed by atoms with Crippen LogP contribution in [0, 0.1) is 0 Å². The Kier molecular flexibility index (Phi) is 6.00. The van der Waals surface area contributed by atoms with Crippen molar-refractivity contribution in [2.24, 2.45) is 0 Å². The number of rotatable bonds is 2. The lowest BCUT2D eigenvalue weighted by atomic mass is 10.4. The molecule has 0 aromatic carbocycles. The minimum Gasteiger partial charge on any atom is -0.481 e. The zero-order valence-electron chi connectivity index (χ0n) is 6.75. The average Bonchev–Trinajstić information content (AvgIpc) is 2.36. The molecule has 1 aliphatic rings. The Balaban J connectivity index is 0.000000211. The maximum Gasteiger partial charge on any atom is 0.314 e. The van der Waals surface area contributed by atoms with Gasteiger partial charge >= 0.3 is 11.9 Å². The van der Waals surface area contributed by atoms with E-state index in [1.807, 2.05) is 0 Å². The van der Waals surface area contributed by atoms with Crippen molar-refractivity contribution in [3.8, 4) is 0 Å². The highest BCUT2D eigenvalue weighted by Gasteiger charge is 2.01. The fraction of sp³-hybridized carbons (Fsp3) is 0.714. The van der Waals surface area contributed by atoms with Gasteiger partial charge in [-0.2, -0.15) is 0 Å². The molecule has 0 radical (unpaired) electrons. The molecule has 1 saturated heterocycles. The van der Waals surface area contributed by atoms with Crippen LogP contribution in [0.15, 0.2) is 0 Å². The predicted octanol–water partition coefficient (Wildman–Crippen LogP) is -0.0845. The third kappa shape index (κ3) is 8.90. The number of carbonyl (C=O) groups is 2. The second-order valence-electron chi connectivity index (χ2n) is 2.42. The average molecular weight is 175 g/mol. The summed E-state index contributed by atoms with van der Waals surface area (Å²) in [7, 11) is 0. The van der Waals surface area contributed by atoms with Gasteiger partial charge in [-0.15, -0.1) is 0 Å². The first-order valence-electron chi connectivity index (χ1n) is 3.77. The largest absolute Gasteiger partial charge is 0.481 e. The quantitative estimate of drug-likeness (QED) is 0.511. The Bertz CT molecular complexity index is 134. The van der Waals surface area contributed by atoms with Crippen LogP contribution in [-0.4, -0.2) is 35.2 Å². The van der Waals surface area contributed by atoms with Crippen LogP contribution in [0.2, 0.25) is 0 Å². The van der Waals surface area contributed by atoms with E-state index in [4.69, 9.17) is 10.2 Å². The van der Waals surface area contributed by atoms with Gasteiger partial charge in [-0.3, -0.25) is 9.59 Å². The number of carboxylic acids is 2. The van der Waals surface area contributed by atoms with Crippen LogP contribution in [0.5, 0.6) is 0 Å². The van der Waals surface area contributed by atoms with E-state index in [1.165, 1.54) is 25.9 Å². The molecule has 5 nitrogen and oxygen atoms in total. The van der Waals surface area contributed by atoms with Crippen molar-refractivity contribution in [2.75, 3.05) is 13.1 Å². The highest BCUT2D eigenvalue weighted by Crippen LogP contribution is 1.90. The first-order valence-corrected chi connectivity index (χ1v) is 3.77. The molecule has 1 heterocycles.